The van der Waals surface area contributed by atoms with Gasteiger partial charge in [-0.1, -0.05) is 31.3 Å². The van der Waals surface area contributed by atoms with Crippen molar-refractivity contribution in [2.45, 2.75) is 40.0 Å². The van der Waals surface area contributed by atoms with Crippen LogP contribution in [0, 0.1) is 12.8 Å². The maximum atomic E-state index is 12.1. The molecule has 26 heavy (non-hydrogen) atoms. The van der Waals surface area contributed by atoms with Gasteiger partial charge in [0.2, 0.25) is 16.9 Å². The Bertz CT molecular complexity index is 774. The highest BCUT2D eigenvalue weighted by Crippen LogP contribution is 2.25. The number of aryl methyl sites for hydroxylation is 1. The van der Waals surface area contributed by atoms with E-state index in [4.69, 9.17) is 4.74 Å². The van der Waals surface area contributed by atoms with Crippen LogP contribution in [0.2, 0.25) is 0 Å². The minimum Gasteiger partial charge on any atom is -0.495 e. The summed E-state index contributed by atoms with van der Waals surface area (Å²) in [6.45, 7) is 6.13. The number of hydrogen-bond acceptors (Lipinski definition) is 6. The second kappa shape index (κ2) is 9.28. The smallest absolute Gasteiger partial charge is 0.226 e. The number of hydrogen-bond donors (Lipinski definition) is 2. The fourth-order valence-electron chi connectivity index (χ4n) is 2.28. The van der Waals surface area contributed by atoms with Crippen LogP contribution < -0.4 is 15.4 Å². The maximum Gasteiger partial charge on any atom is 0.226 e. The van der Waals surface area contributed by atoms with Crippen molar-refractivity contribution in [2.75, 3.05) is 17.7 Å². The van der Waals surface area contributed by atoms with Gasteiger partial charge >= 0.3 is 0 Å². The van der Waals surface area contributed by atoms with Crippen LogP contribution in [0.25, 0.3) is 0 Å². The third kappa shape index (κ3) is 6.11. The minimum absolute atomic E-state index is 0.0685. The van der Waals surface area contributed by atoms with Crippen molar-refractivity contribution in [2.24, 2.45) is 5.92 Å². The normalized spacial score (nSPS) is 10.7. The predicted octanol–water partition coefficient (Wildman–Crippen LogP) is 3.41. The molecular weight excluding hydrogens is 352 g/mol. The Kier molecular flexibility index (Phi) is 7.08. The first-order valence-corrected chi connectivity index (χ1v) is 9.25. The van der Waals surface area contributed by atoms with Crippen molar-refractivity contribution in [3.8, 4) is 5.75 Å². The first-order valence-electron chi connectivity index (χ1n) is 8.44. The average Bonchev–Trinajstić information content (AvgIpc) is 2.99. The summed E-state index contributed by atoms with van der Waals surface area (Å²) < 4.78 is 5.23. The quantitative estimate of drug-likeness (QED) is 0.736. The van der Waals surface area contributed by atoms with Gasteiger partial charge in [0, 0.05) is 19.3 Å². The summed E-state index contributed by atoms with van der Waals surface area (Å²) in [5.74, 6) is 0.555. The highest BCUT2D eigenvalue weighted by molar-refractivity contribution is 7.15. The summed E-state index contributed by atoms with van der Waals surface area (Å²) >= 11 is 1.36. The summed E-state index contributed by atoms with van der Waals surface area (Å²) in [7, 11) is 1.55. The predicted molar refractivity (Wildman–Crippen MR) is 103 cm³/mol. The lowest BCUT2D eigenvalue weighted by atomic mass is 10.1. The molecule has 0 unspecified atom stereocenters. The second-order valence-electron chi connectivity index (χ2n) is 6.40. The first-order chi connectivity index (χ1) is 12.4. The standard InChI is InChI=1S/C18H24N4O3S/c1-11(2)9-17-21-22-18(26-17)20-16(24)8-7-15(23)19-13-10-12(3)5-6-14(13)25-4/h5-6,10-11H,7-9H2,1-4H3,(H,19,23)(H,20,22,24). The average molecular weight is 376 g/mol. The lowest BCUT2D eigenvalue weighted by molar-refractivity contribution is -0.121. The van der Waals surface area contributed by atoms with Crippen LogP contribution in [0.15, 0.2) is 18.2 Å². The highest BCUT2D eigenvalue weighted by atomic mass is 32.1. The van der Waals surface area contributed by atoms with Gasteiger partial charge in [0.1, 0.15) is 10.8 Å². The van der Waals surface area contributed by atoms with Crippen molar-refractivity contribution in [3.05, 3.63) is 28.8 Å². The third-order valence-electron chi connectivity index (χ3n) is 3.50. The van der Waals surface area contributed by atoms with Crippen LogP contribution in [-0.2, 0) is 16.0 Å². The molecule has 0 aliphatic rings. The Balaban J connectivity index is 1.82. The van der Waals surface area contributed by atoms with Gasteiger partial charge in [0.05, 0.1) is 12.8 Å². The molecule has 1 aromatic carbocycles. The molecule has 1 heterocycles. The fraction of sp³-hybridized carbons (Fsp3) is 0.444. The van der Waals surface area contributed by atoms with E-state index >= 15 is 0 Å². The number of methoxy groups -OCH3 is 1. The summed E-state index contributed by atoms with van der Waals surface area (Å²) in [5.41, 5.74) is 1.60. The maximum absolute atomic E-state index is 12.1. The molecule has 2 rings (SSSR count). The van der Waals surface area contributed by atoms with Gasteiger partial charge in [-0.15, -0.1) is 10.2 Å². The van der Waals surface area contributed by atoms with Crippen molar-refractivity contribution >= 4 is 34.0 Å². The molecule has 140 valence electrons. The van der Waals surface area contributed by atoms with Crippen LogP contribution in [0.3, 0.4) is 0 Å². The van der Waals surface area contributed by atoms with E-state index in [0.29, 0.717) is 22.5 Å². The lowest BCUT2D eigenvalue weighted by Gasteiger charge is -2.10. The summed E-state index contributed by atoms with van der Waals surface area (Å²) in [4.78, 5) is 24.1. The van der Waals surface area contributed by atoms with Gasteiger partial charge in [-0.2, -0.15) is 0 Å². The molecule has 0 saturated heterocycles. The molecule has 0 saturated carbocycles. The summed E-state index contributed by atoms with van der Waals surface area (Å²) in [5, 5.41) is 14.8. The van der Waals surface area contributed by atoms with Crippen molar-refractivity contribution in [1.29, 1.82) is 0 Å². The first kappa shape index (κ1) is 19.8. The molecule has 7 nitrogen and oxygen atoms in total. The van der Waals surface area contributed by atoms with Gasteiger partial charge in [-0.3, -0.25) is 9.59 Å². The number of nitrogens with zero attached hydrogens (tertiary/aromatic N) is 2. The van der Waals surface area contributed by atoms with Gasteiger partial charge in [0.15, 0.2) is 0 Å². The molecule has 2 N–H and O–H groups in total. The molecule has 8 heteroatoms. The fourth-order valence-corrected chi connectivity index (χ4v) is 3.24. The minimum atomic E-state index is -0.261. The molecule has 0 aliphatic carbocycles. The van der Waals surface area contributed by atoms with Crippen molar-refractivity contribution < 1.29 is 14.3 Å². The van der Waals surface area contributed by atoms with Crippen LogP contribution >= 0.6 is 11.3 Å². The number of carbonyl (C=O) groups is 2. The van der Waals surface area contributed by atoms with E-state index < -0.39 is 0 Å². The van der Waals surface area contributed by atoms with Crippen molar-refractivity contribution in [1.82, 2.24) is 10.2 Å². The molecule has 0 radical (unpaired) electrons. The summed E-state index contributed by atoms with van der Waals surface area (Å²) in [6.07, 6.45) is 0.966. The summed E-state index contributed by atoms with van der Waals surface area (Å²) in [6, 6.07) is 5.52. The second-order valence-corrected chi connectivity index (χ2v) is 7.46. The molecule has 0 spiro atoms. The van der Waals surface area contributed by atoms with E-state index in [1.54, 1.807) is 13.2 Å². The van der Waals surface area contributed by atoms with Gasteiger partial charge in [-0.25, -0.2) is 0 Å². The van der Waals surface area contributed by atoms with E-state index in [2.05, 4.69) is 34.7 Å². The van der Waals surface area contributed by atoms with Crippen molar-refractivity contribution in [3.63, 3.8) is 0 Å². The number of anilines is 2. The zero-order valence-corrected chi connectivity index (χ0v) is 16.3. The molecular formula is C18H24N4O3S. The van der Waals surface area contributed by atoms with E-state index in [0.717, 1.165) is 17.0 Å². The van der Waals surface area contributed by atoms with Gasteiger partial charge in [-0.05, 0) is 30.5 Å². The third-order valence-corrected chi connectivity index (χ3v) is 4.37. The molecule has 0 atom stereocenters. The number of benzene rings is 1. The Morgan fingerprint density at radius 1 is 1.15 bits per heavy atom. The number of aromatic nitrogens is 2. The Morgan fingerprint density at radius 2 is 1.85 bits per heavy atom. The highest BCUT2D eigenvalue weighted by Gasteiger charge is 2.13. The zero-order valence-electron chi connectivity index (χ0n) is 15.5. The molecule has 1 aromatic heterocycles. The van der Waals surface area contributed by atoms with Crippen LogP contribution in [-0.4, -0.2) is 29.1 Å². The lowest BCUT2D eigenvalue weighted by Crippen LogP contribution is -2.17. The molecule has 2 aromatic rings. The molecule has 0 fully saturated rings. The molecule has 2 amide bonds. The van der Waals surface area contributed by atoms with Gasteiger partial charge in [0.25, 0.3) is 0 Å². The largest absolute Gasteiger partial charge is 0.495 e. The number of carbonyl (C=O) groups excluding carboxylic acids is 2. The monoisotopic (exact) mass is 376 g/mol. The number of rotatable bonds is 8. The van der Waals surface area contributed by atoms with Crippen LogP contribution in [0.4, 0.5) is 10.8 Å². The zero-order chi connectivity index (χ0) is 19.1. The Morgan fingerprint density at radius 3 is 2.50 bits per heavy atom. The van der Waals surface area contributed by atoms with Gasteiger partial charge < -0.3 is 15.4 Å². The topological polar surface area (TPSA) is 93.2 Å². The number of ether oxygens (including phenoxy) is 1. The SMILES string of the molecule is COc1ccc(C)cc1NC(=O)CCC(=O)Nc1nnc(CC(C)C)s1. The van der Waals surface area contributed by atoms with Crippen LogP contribution in [0.5, 0.6) is 5.75 Å². The number of amides is 2. The Labute approximate surface area is 157 Å². The van der Waals surface area contributed by atoms with E-state index in [1.807, 2.05) is 19.1 Å². The number of nitrogens with one attached hydrogen (secondary N) is 2. The van der Waals surface area contributed by atoms with Crippen LogP contribution in [0.1, 0.15) is 37.3 Å². The van der Waals surface area contributed by atoms with E-state index in [1.165, 1.54) is 11.3 Å². The molecule has 0 aliphatic heterocycles. The molecule has 0 bridgehead atoms. The Hall–Kier alpha value is -2.48. The van der Waals surface area contributed by atoms with E-state index in [-0.39, 0.29) is 24.7 Å². The van der Waals surface area contributed by atoms with E-state index in [9.17, 15) is 9.59 Å².